The Labute approximate surface area is 243 Å². The molecule has 1 saturated heterocycles. The average molecular weight is 639 g/mol. The number of rotatable bonds is 12. The lowest BCUT2D eigenvalue weighted by Crippen LogP contribution is -2.34. The number of anilines is 1. The zero-order chi connectivity index (χ0) is 28.7. The number of halogens is 3. The number of amides is 2. The summed E-state index contributed by atoms with van der Waals surface area (Å²) in [6.07, 6.45) is 7.85. The smallest absolute Gasteiger partial charge is 0.319 e. The molecule has 8 nitrogen and oxygen atoms in total. The SMILES string of the molecule is C[Si](C)(C)CCOCn1cc(Br)c2c(Oc3c(F)cc(NC(=O)NCCCN4CCCCC4)cc3F)ccnc21. The summed E-state index contributed by atoms with van der Waals surface area (Å²) in [5.74, 6) is -2.19. The summed E-state index contributed by atoms with van der Waals surface area (Å²) < 4.78 is 44.0. The van der Waals surface area contributed by atoms with Gasteiger partial charge in [0.25, 0.3) is 0 Å². The van der Waals surface area contributed by atoms with Gasteiger partial charge in [0.1, 0.15) is 18.1 Å². The van der Waals surface area contributed by atoms with Gasteiger partial charge < -0.3 is 29.6 Å². The van der Waals surface area contributed by atoms with E-state index in [0.717, 1.165) is 44.2 Å². The molecule has 3 heterocycles. The van der Waals surface area contributed by atoms with Gasteiger partial charge in [-0.2, -0.15) is 0 Å². The van der Waals surface area contributed by atoms with Gasteiger partial charge in [-0.05, 0) is 66.9 Å². The van der Waals surface area contributed by atoms with Crippen molar-refractivity contribution in [3.05, 3.63) is 46.7 Å². The summed E-state index contributed by atoms with van der Waals surface area (Å²) in [5, 5.41) is 5.81. The topological polar surface area (TPSA) is 80.6 Å². The van der Waals surface area contributed by atoms with Crippen LogP contribution in [0.15, 0.2) is 35.1 Å². The van der Waals surface area contributed by atoms with Gasteiger partial charge in [0, 0.05) is 55.9 Å². The van der Waals surface area contributed by atoms with Gasteiger partial charge in [-0.25, -0.2) is 18.6 Å². The number of ether oxygens (including phenoxy) is 2. The van der Waals surface area contributed by atoms with E-state index in [1.165, 1.54) is 25.5 Å². The fourth-order valence-corrected chi connectivity index (χ4v) is 5.94. The molecule has 1 fully saturated rings. The minimum absolute atomic E-state index is 0.00134. The number of hydrogen-bond donors (Lipinski definition) is 2. The molecule has 3 aromatic rings. The van der Waals surface area contributed by atoms with Crippen LogP contribution in [0, 0.1) is 11.6 Å². The number of hydrogen-bond acceptors (Lipinski definition) is 5. The lowest BCUT2D eigenvalue weighted by atomic mass is 10.1. The highest BCUT2D eigenvalue weighted by Gasteiger charge is 2.20. The molecule has 0 unspecified atom stereocenters. The maximum absolute atomic E-state index is 15.0. The van der Waals surface area contributed by atoms with Crippen LogP contribution in [0.5, 0.6) is 11.5 Å². The lowest BCUT2D eigenvalue weighted by molar-refractivity contribution is 0.0898. The van der Waals surface area contributed by atoms with Crippen molar-refractivity contribution < 1.29 is 23.0 Å². The number of carbonyl (C=O) groups excluding carboxylic acids is 1. The standard InChI is InChI=1S/C28H38BrF2N5O3Si/c1-40(2,3)15-14-38-19-36-18-21(29)25-24(8-10-32-27(25)36)39-26-22(30)16-20(17-23(26)31)34-28(37)33-9-7-13-35-11-5-4-6-12-35/h8,10,16-18H,4-7,9,11-15,19H2,1-3H3,(H2,33,34,37). The molecule has 2 N–H and O–H groups in total. The second-order valence-electron chi connectivity index (χ2n) is 11.3. The van der Waals surface area contributed by atoms with Crippen molar-refractivity contribution >= 4 is 46.8 Å². The molecule has 4 rings (SSSR count). The Morgan fingerprint density at radius 3 is 2.58 bits per heavy atom. The number of pyridine rings is 1. The van der Waals surface area contributed by atoms with E-state index < -0.39 is 31.5 Å². The van der Waals surface area contributed by atoms with E-state index >= 15 is 0 Å². The molecule has 0 bridgehead atoms. The lowest BCUT2D eigenvalue weighted by Gasteiger charge is -2.26. The first-order chi connectivity index (χ1) is 19.1. The quantitative estimate of drug-likeness (QED) is 0.162. The summed E-state index contributed by atoms with van der Waals surface area (Å²) in [6, 6.07) is 4.15. The van der Waals surface area contributed by atoms with Crippen molar-refractivity contribution in [3.63, 3.8) is 0 Å². The highest BCUT2D eigenvalue weighted by atomic mass is 79.9. The number of nitrogens with zero attached hydrogens (tertiary/aromatic N) is 3. The fourth-order valence-electron chi connectivity index (χ4n) is 4.57. The van der Waals surface area contributed by atoms with Crippen LogP contribution in [0.3, 0.4) is 0 Å². The minimum atomic E-state index is -1.21. The van der Waals surface area contributed by atoms with Gasteiger partial charge in [-0.15, -0.1) is 0 Å². The molecule has 1 aliphatic rings. The molecule has 40 heavy (non-hydrogen) atoms. The number of aromatic nitrogens is 2. The minimum Gasteiger partial charge on any atom is -0.450 e. The maximum Gasteiger partial charge on any atom is 0.319 e. The molecule has 0 aliphatic carbocycles. The molecule has 2 aromatic heterocycles. The Kier molecular flexibility index (Phi) is 10.6. The molecule has 0 radical (unpaired) electrons. The number of carbonyl (C=O) groups is 1. The molecule has 0 atom stereocenters. The summed E-state index contributed by atoms with van der Waals surface area (Å²) in [6.45, 7) is 11.4. The summed E-state index contributed by atoms with van der Waals surface area (Å²) in [5.41, 5.74) is 0.562. The van der Waals surface area contributed by atoms with Crippen LogP contribution in [0.2, 0.25) is 25.7 Å². The van der Waals surface area contributed by atoms with E-state index in [1.54, 1.807) is 6.07 Å². The van der Waals surface area contributed by atoms with E-state index in [1.807, 2.05) is 10.8 Å². The first-order valence-corrected chi connectivity index (χ1v) is 18.3. The van der Waals surface area contributed by atoms with E-state index in [9.17, 15) is 13.6 Å². The highest BCUT2D eigenvalue weighted by Crippen LogP contribution is 2.37. The third kappa shape index (κ3) is 8.48. The fraction of sp³-hybridized carbons (Fsp3) is 0.500. The Balaban J connectivity index is 1.37. The molecule has 12 heteroatoms. The predicted molar refractivity (Wildman–Crippen MR) is 160 cm³/mol. The van der Waals surface area contributed by atoms with Crippen molar-refractivity contribution in [2.24, 2.45) is 0 Å². The zero-order valence-corrected chi connectivity index (χ0v) is 26.0. The summed E-state index contributed by atoms with van der Waals surface area (Å²) in [4.78, 5) is 19.1. The van der Waals surface area contributed by atoms with Gasteiger partial charge in [0.2, 0.25) is 0 Å². The maximum atomic E-state index is 15.0. The monoisotopic (exact) mass is 637 g/mol. The average Bonchev–Trinajstić information content (AvgIpc) is 3.23. The first-order valence-electron chi connectivity index (χ1n) is 13.8. The molecule has 1 aromatic carbocycles. The van der Waals surface area contributed by atoms with E-state index in [4.69, 9.17) is 9.47 Å². The van der Waals surface area contributed by atoms with Crippen molar-refractivity contribution in [3.8, 4) is 11.5 Å². The summed E-state index contributed by atoms with van der Waals surface area (Å²) >= 11 is 3.51. The van der Waals surface area contributed by atoms with Crippen molar-refractivity contribution in [2.75, 3.05) is 38.1 Å². The molecule has 2 amide bonds. The van der Waals surface area contributed by atoms with Crippen LogP contribution in [0.4, 0.5) is 19.3 Å². The van der Waals surface area contributed by atoms with Crippen LogP contribution in [-0.2, 0) is 11.5 Å². The van der Waals surface area contributed by atoms with Gasteiger partial charge in [-0.1, -0.05) is 26.1 Å². The van der Waals surface area contributed by atoms with Crippen molar-refractivity contribution in [2.45, 2.75) is 58.1 Å². The van der Waals surface area contributed by atoms with Crippen molar-refractivity contribution in [1.82, 2.24) is 19.8 Å². The second kappa shape index (κ2) is 13.9. The number of likely N-dealkylation sites (tertiary alicyclic amines) is 1. The number of piperidine rings is 1. The Morgan fingerprint density at radius 2 is 1.88 bits per heavy atom. The highest BCUT2D eigenvalue weighted by molar-refractivity contribution is 9.10. The number of nitrogens with one attached hydrogen (secondary N) is 2. The molecule has 218 valence electrons. The molecular formula is C28H38BrF2N5O3Si. The van der Waals surface area contributed by atoms with Crippen molar-refractivity contribution in [1.29, 1.82) is 0 Å². The number of fused-ring (bicyclic) bond motifs is 1. The van der Waals surface area contributed by atoms with Crippen LogP contribution < -0.4 is 15.4 Å². The first kappa shape index (κ1) is 30.4. The van der Waals surface area contributed by atoms with Crippen LogP contribution in [0.1, 0.15) is 25.7 Å². The Hall–Kier alpha value is -2.54. The second-order valence-corrected chi connectivity index (χ2v) is 17.8. The van der Waals surface area contributed by atoms with E-state index in [0.29, 0.717) is 35.4 Å². The van der Waals surface area contributed by atoms with Crippen LogP contribution in [0.25, 0.3) is 11.0 Å². The third-order valence-electron chi connectivity index (χ3n) is 6.75. The van der Waals surface area contributed by atoms with Crippen LogP contribution >= 0.6 is 15.9 Å². The van der Waals surface area contributed by atoms with Gasteiger partial charge >= 0.3 is 6.03 Å². The largest absolute Gasteiger partial charge is 0.450 e. The van der Waals surface area contributed by atoms with Gasteiger partial charge in [0.15, 0.2) is 17.4 Å². The normalized spacial score (nSPS) is 14.4. The summed E-state index contributed by atoms with van der Waals surface area (Å²) in [7, 11) is -1.21. The predicted octanol–water partition coefficient (Wildman–Crippen LogP) is 7.18. The van der Waals surface area contributed by atoms with E-state index in [-0.39, 0.29) is 11.4 Å². The Bertz CT molecular complexity index is 1290. The zero-order valence-electron chi connectivity index (χ0n) is 23.4. The van der Waals surface area contributed by atoms with Gasteiger partial charge in [0.05, 0.1) is 5.39 Å². The molecular weight excluding hydrogens is 600 g/mol. The Morgan fingerprint density at radius 1 is 1.15 bits per heavy atom. The van der Waals surface area contributed by atoms with Gasteiger partial charge in [-0.3, -0.25) is 0 Å². The number of urea groups is 1. The third-order valence-corrected chi connectivity index (χ3v) is 9.06. The molecule has 1 aliphatic heterocycles. The molecule has 0 saturated carbocycles. The van der Waals surface area contributed by atoms with Crippen LogP contribution in [-0.4, -0.2) is 61.3 Å². The van der Waals surface area contributed by atoms with E-state index in [2.05, 4.69) is 56.1 Å². The molecule has 0 spiro atoms. The number of benzene rings is 1.